The highest BCUT2D eigenvalue weighted by molar-refractivity contribution is 6.52. The van der Waals surface area contributed by atoms with Gasteiger partial charge in [-0.25, -0.2) is 9.69 Å². The van der Waals surface area contributed by atoms with E-state index in [0.717, 1.165) is 33.0 Å². The van der Waals surface area contributed by atoms with E-state index in [1.54, 1.807) is 12.1 Å². The molecule has 2 aliphatic rings. The number of hydrogen-bond donors (Lipinski definition) is 1. The normalized spacial score (nSPS) is 16.9. The van der Waals surface area contributed by atoms with Gasteiger partial charge in [-0.3, -0.25) is 14.5 Å². The van der Waals surface area contributed by atoms with E-state index in [0.29, 0.717) is 12.2 Å². The molecule has 2 heterocycles. The molecular weight excluding hydrogens is 306 g/mol. The molecule has 4 rings (SSSR count). The van der Waals surface area contributed by atoms with E-state index >= 15 is 0 Å². The van der Waals surface area contributed by atoms with Crippen LogP contribution in [0.5, 0.6) is 0 Å². The Balaban J connectivity index is 1.64. The Kier molecular flexibility index (Phi) is 3.39. The first-order valence-electron chi connectivity index (χ1n) is 7.71. The van der Waals surface area contributed by atoms with Crippen molar-refractivity contribution in [1.29, 1.82) is 0 Å². The summed E-state index contributed by atoms with van der Waals surface area (Å²) in [6.45, 7) is 1.56. The average Bonchev–Trinajstić information content (AvgIpc) is 3.14. The van der Waals surface area contributed by atoms with Crippen LogP contribution in [-0.4, -0.2) is 22.7 Å². The lowest BCUT2D eigenvalue weighted by atomic mass is 10.1. The van der Waals surface area contributed by atoms with Gasteiger partial charge >= 0.3 is 17.8 Å². The van der Waals surface area contributed by atoms with Crippen molar-refractivity contribution in [1.82, 2.24) is 10.2 Å². The Morgan fingerprint density at radius 2 is 1.62 bits per heavy atom. The zero-order valence-electron chi connectivity index (χ0n) is 12.9. The molecule has 2 aromatic carbocycles. The van der Waals surface area contributed by atoms with Crippen molar-refractivity contribution in [3.63, 3.8) is 0 Å². The quantitative estimate of drug-likeness (QED) is 0.691. The molecule has 2 aromatic rings. The third-order valence-corrected chi connectivity index (χ3v) is 4.32. The first-order valence-corrected chi connectivity index (χ1v) is 7.71. The number of anilines is 1. The van der Waals surface area contributed by atoms with Crippen LogP contribution in [-0.2, 0) is 29.2 Å². The van der Waals surface area contributed by atoms with Gasteiger partial charge in [0.1, 0.15) is 0 Å². The number of benzene rings is 2. The first kappa shape index (κ1) is 14.6. The van der Waals surface area contributed by atoms with Gasteiger partial charge in [0.25, 0.3) is 0 Å². The lowest BCUT2D eigenvalue weighted by molar-refractivity contribution is -0.139. The number of carbonyl (C=O) groups excluding carboxylic acids is 3. The fraction of sp³-hybridized carbons (Fsp3) is 0.167. The number of nitrogens with zero attached hydrogens (tertiary/aromatic N) is 2. The maximum absolute atomic E-state index is 12.6. The van der Waals surface area contributed by atoms with E-state index in [9.17, 15) is 14.4 Å². The van der Waals surface area contributed by atoms with Crippen molar-refractivity contribution in [2.24, 2.45) is 0 Å². The number of hydrogen-bond acceptors (Lipinski definition) is 4. The second-order valence-electron chi connectivity index (χ2n) is 5.86. The molecule has 2 aliphatic heterocycles. The van der Waals surface area contributed by atoms with Crippen LogP contribution in [0.15, 0.2) is 48.5 Å². The summed E-state index contributed by atoms with van der Waals surface area (Å²) in [7, 11) is 0. The maximum Gasteiger partial charge on any atom is 0.339 e. The standard InChI is InChI=1S/C18H15N3O3/c22-16-17(23)21(15-7-6-13-9-19-10-14(13)8-15)18(24)20(16)11-12-4-2-1-3-5-12/h1-8,19H,9-11H2. The highest BCUT2D eigenvalue weighted by Gasteiger charge is 2.45. The molecule has 0 bridgehead atoms. The van der Waals surface area contributed by atoms with E-state index in [2.05, 4.69) is 5.32 Å². The monoisotopic (exact) mass is 321 g/mol. The average molecular weight is 321 g/mol. The number of nitrogens with one attached hydrogen (secondary N) is 1. The van der Waals surface area contributed by atoms with Crippen molar-refractivity contribution in [2.45, 2.75) is 19.6 Å². The van der Waals surface area contributed by atoms with Gasteiger partial charge in [0.05, 0.1) is 12.2 Å². The van der Waals surface area contributed by atoms with Crippen LogP contribution in [0.1, 0.15) is 16.7 Å². The Hall–Kier alpha value is -2.99. The highest BCUT2D eigenvalue weighted by Crippen LogP contribution is 2.27. The summed E-state index contributed by atoms with van der Waals surface area (Å²) in [5.41, 5.74) is 3.43. The summed E-state index contributed by atoms with van der Waals surface area (Å²) in [4.78, 5) is 39.1. The van der Waals surface area contributed by atoms with Crippen molar-refractivity contribution in [2.75, 3.05) is 4.90 Å². The lowest BCUT2D eigenvalue weighted by Gasteiger charge is -2.16. The SMILES string of the molecule is O=C1C(=O)N(c2ccc3c(c2)CNC3)C(=O)N1Cc1ccccc1. The maximum atomic E-state index is 12.6. The van der Waals surface area contributed by atoms with Crippen molar-refractivity contribution < 1.29 is 14.4 Å². The van der Waals surface area contributed by atoms with Gasteiger partial charge in [0.15, 0.2) is 0 Å². The van der Waals surface area contributed by atoms with Gasteiger partial charge in [0.2, 0.25) is 0 Å². The Labute approximate surface area is 138 Å². The molecule has 1 N–H and O–H groups in total. The van der Waals surface area contributed by atoms with Crippen LogP contribution in [0, 0.1) is 0 Å². The molecule has 1 fully saturated rings. The lowest BCUT2D eigenvalue weighted by Crippen LogP contribution is -2.33. The minimum Gasteiger partial charge on any atom is -0.309 e. The van der Waals surface area contributed by atoms with Crippen LogP contribution in [0.4, 0.5) is 10.5 Å². The first-order chi connectivity index (χ1) is 11.6. The Morgan fingerprint density at radius 3 is 2.42 bits per heavy atom. The summed E-state index contributed by atoms with van der Waals surface area (Å²) < 4.78 is 0. The van der Waals surface area contributed by atoms with Crippen LogP contribution in [0.25, 0.3) is 0 Å². The number of imide groups is 2. The van der Waals surface area contributed by atoms with Gasteiger partial charge in [-0.2, -0.15) is 0 Å². The van der Waals surface area contributed by atoms with E-state index in [4.69, 9.17) is 0 Å². The molecule has 1 saturated heterocycles. The van der Waals surface area contributed by atoms with E-state index in [1.165, 1.54) is 0 Å². The van der Waals surface area contributed by atoms with E-state index in [-0.39, 0.29) is 6.54 Å². The smallest absolute Gasteiger partial charge is 0.309 e. The second-order valence-corrected chi connectivity index (χ2v) is 5.86. The van der Waals surface area contributed by atoms with Gasteiger partial charge in [-0.1, -0.05) is 36.4 Å². The minimum absolute atomic E-state index is 0.0905. The van der Waals surface area contributed by atoms with Crippen LogP contribution in [0.2, 0.25) is 0 Å². The summed E-state index contributed by atoms with van der Waals surface area (Å²) in [5.74, 6) is -1.59. The summed E-state index contributed by atoms with van der Waals surface area (Å²) in [5, 5.41) is 3.21. The fourth-order valence-electron chi connectivity index (χ4n) is 3.06. The number of fused-ring (bicyclic) bond motifs is 1. The zero-order chi connectivity index (χ0) is 16.7. The molecule has 6 heteroatoms. The third-order valence-electron chi connectivity index (χ3n) is 4.32. The van der Waals surface area contributed by atoms with Crippen LogP contribution in [0.3, 0.4) is 0 Å². The van der Waals surface area contributed by atoms with Crippen molar-refractivity contribution in [3.05, 3.63) is 65.2 Å². The van der Waals surface area contributed by atoms with Gasteiger partial charge in [-0.05, 0) is 28.8 Å². The molecular formula is C18H15N3O3. The molecule has 0 aliphatic carbocycles. The predicted molar refractivity (Wildman–Crippen MR) is 86.9 cm³/mol. The number of urea groups is 1. The highest BCUT2D eigenvalue weighted by atomic mass is 16.2. The fourth-order valence-corrected chi connectivity index (χ4v) is 3.06. The Bertz CT molecular complexity index is 848. The van der Waals surface area contributed by atoms with Gasteiger partial charge in [-0.15, -0.1) is 0 Å². The van der Waals surface area contributed by atoms with Crippen LogP contribution >= 0.6 is 0 Å². The molecule has 6 nitrogen and oxygen atoms in total. The third kappa shape index (κ3) is 2.28. The topological polar surface area (TPSA) is 69.7 Å². The van der Waals surface area contributed by atoms with Crippen molar-refractivity contribution >= 4 is 23.5 Å². The number of amides is 4. The van der Waals surface area contributed by atoms with Crippen molar-refractivity contribution in [3.8, 4) is 0 Å². The van der Waals surface area contributed by atoms with Crippen LogP contribution < -0.4 is 10.2 Å². The van der Waals surface area contributed by atoms with E-state index < -0.39 is 17.8 Å². The summed E-state index contributed by atoms with van der Waals surface area (Å²) >= 11 is 0. The largest absolute Gasteiger partial charge is 0.339 e. The molecule has 4 amide bonds. The molecule has 0 atom stereocenters. The zero-order valence-corrected chi connectivity index (χ0v) is 12.9. The molecule has 24 heavy (non-hydrogen) atoms. The number of carbonyl (C=O) groups is 3. The summed E-state index contributed by atoms with van der Waals surface area (Å²) in [6, 6.07) is 13.9. The predicted octanol–water partition coefficient (Wildman–Crippen LogP) is 1.79. The Morgan fingerprint density at radius 1 is 0.875 bits per heavy atom. The number of rotatable bonds is 3. The molecule has 0 unspecified atom stereocenters. The molecule has 0 saturated carbocycles. The molecule has 120 valence electrons. The van der Waals surface area contributed by atoms with Gasteiger partial charge in [0, 0.05) is 13.1 Å². The molecule has 0 aromatic heterocycles. The minimum atomic E-state index is -0.804. The van der Waals surface area contributed by atoms with E-state index in [1.807, 2.05) is 36.4 Å². The second kappa shape index (κ2) is 5.58. The van der Waals surface area contributed by atoms with Gasteiger partial charge < -0.3 is 5.32 Å². The molecule has 0 spiro atoms. The molecule has 0 radical (unpaired) electrons. The summed E-state index contributed by atoms with van der Waals surface area (Å²) in [6.07, 6.45) is 0.